The van der Waals surface area contributed by atoms with Gasteiger partial charge in [-0.15, -0.1) is 11.3 Å². The number of hydrogen-bond acceptors (Lipinski definition) is 6. The number of sulfone groups is 1. The van der Waals surface area contributed by atoms with Crippen molar-refractivity contribution in [3.05, 3.63) is 22.4 Å². The Labute approximate surface area is 143 Å². The lowest BCUT2D eigenvalue weighted by molar-refractivity contribution is -0.139. The molecule has 1 atom stereocenters. The summed E-state index contributed by atoms with van der Waals surface area (Å²) in [5.41, 5.74) is 0. The van der Waals surface area contributed by atoms with Crippen LogP contribution < -0.4 is 16.0 Å². The van der Waals surface area contributed by atoms with E-state index < -0.39 is 33.6 Å². The molecule has 8 nitrogen and oxygen atoms in total. The molecule has 10 heteroatoms. The molecule has 1 aromatic heterocycles. The van der Waals surface area contributed by atoms with Gasteiger partial charge >= 0.3 is 11.8 Å². The van der Waals surface area contributed by atoms with Crippen LogP contribution in [0.25, 0.3) is 0 Å². The molecule has 1 aliphatic heterocycles. The minimum Gasteiger partial charge on any atom is -0.351 e. The van der Waals surface area contributed by atoms with Crippen molar-refractivity contribution in [2.24, 2.45) is 0 Å². The van der Waals surface area contributed by atoms with Crippen LogP contribution in [-0.4, -0.2) is 56.8 Å². The molecule has 1 aromatic rings. The summed E-state index contributed by atoms with van der Waals surface area (Å²) in [7, 11) is -3.08. The van der Waals surface area contributed by atoms with Gasteiger partial charge in [0.15, 0.2) is 9.84 Å². The maximum absolute atomic E-state index is 11.7. The summed E-state index contributed by atoms with van der Waals surface area (Å²) in [4.78, 5) is 35.9. The van der Waals surface area contributed by atoms with Gasteiger partial charge < -0.3 is 16.0 Å². The first-order valence-corrected chi connectivity index (χ1v) is 10.1. The molecule has 0 bridgehead atoms. The standard InChI is InChI=1S/C14H19N3O5S2/c18-12(17-10-4-7-24(21,22)9-10)8-16-14(20)13(19)15-5-3-11-2-1-6-23-11/h1-2,6,10H,3-5,7-9H2,(H,15,19)(H,16,20)(H,17,18)/t10-/m1/s1. The van der Waals surface area contributed by atoms with E-state index in [0.717, 1.165) is 4.88 Å². The molecule has 3 amide bonds. The smallest absolute Gasteiger partial charge is 0.309 e. The molecule has 24 heavy (non-hydrogen) atoms. The van der Waals surface area contributed by atoms with E-state index in [-0.39, 0.29) is 18.1 Å². The molecule has 0 radical (unpaired) electrons. The molecule has 0 spiro atoms. The predicted octanol–water partition coefficient (Wildman–Crippen LogP) is -1.17. The maximum Gasteiger partial charge on any atom is 0.309 e. The van der Waals surface area contributed by atoms with E-state index in [0.29, 0.717) is 19.4 Å². The van der Waals surface area contributed by atoms with Crippen LogP contribution in [0.5, 0.6) is 0 Å². The molecule has 0 aromatic carbocycles. The predicted molar refractivity (Wildman–Crippen MR) is 89.2 cm³/mol. The van der Waals surface area contributed by atoms with Gasteiger partial charge in [-0.05, 0) is 24.3 Å². The first-order chi connectivity index (χ1) is 11.4. The van der Waals surface area contributed by atoms with E-state index in [1.54, 1.807) is 11.3 Å². The molecule has 132 valence electrons. The Morgan fingerprint density at radius 2 is 1.96 bits per heavy atom. The normalized spacial score (nSPS) is 18.8. The Balaban J connectivity index is 1.62. The van der Waals surface area contributed by atoms with Gasteiger partial charge in [-0.2, -0.15) is 0 Å². The zero-order chi connectivity index (χ0) is 17.6. The highest BCUT2D eigenvalue weighted by atomic mass is 32.2. The molecule has 2 rings (SSSR count). The number of nitrogens with one attached hydrogen (secondary N) is 3. The number of carbonyl (C=O) groups is 3. The second-order valence-electron chi connectivity index (χ2n) is 5.44. The first-order valence-electron chi connectivity index (χ1n) is 7.44. The summed E-state index contributed by atoms with van der Waals surface area (Å²) in [6.45, 7) is -0.0351. The largest absolute Gasteiger partial charge is 0.351 e. The van der Waals surface area contributed by atoms with Crippen molar-refractivity contribution in [3.63, 3.8) is 0 Å². The fraction of sp³-hybridized carbons (Fsp3) is 0.500. The van der Waals surface area contributed by atoms with Gasteiger partial charge in [0.2, 0.25) is 5.91 Å². The Kier molecular flexibility index (Phi) is 6.32. The van der Waals surface area contributed by atoms with Crippen LogP contribution in [0.4, 0.5) is 0 Å². The quantitative estimate of drug-likeness (QED) is 0.542. The molecular weight excluding hydrogens is 354 g/mol. The monoisotopic (exact) mass is 373 g/mol. The third-order valence-corrected chi connectivity index (χ3v) is 6.15. The highest BCUT2D eigenvalue weighted by Crippen LogP contribution is 2.10. The van der Waals surface area contributed by atoms with Crippen LogP contribution in [0.2, 0.25) is 0 Å². The molecular formula is C14H19N3O5S2. The van der Waals surface area contributed by atoms with E-state index in [9.17, 15) is 22.8 Å². The molecule has 0 unspecified atom stereocenters. The average molecular weight is 373 g/mol. The number of amides is 3. The summed E-state index contributed by atoms with van der Waals surface area (Å²) >= 11 is 1.56. The van der Waals surface area contributed by atoms with Gasteiger partial charge in [0.25, 0.3) is 0 Å². The van der Waals surface area contributed by atoms with E-state index in [4.69, 9.17) is 0 Å². The van der Waals surface area contributed by atoms with Crippen LogP contribution in [0.3, 0.4) is 0 Å². The van der Waals surface area contributed by atoms with Crippen molar-refractivity contribution < 1.29 is 22.8 Å². The van der Waals surface area contributed by atoms with Gasteiger partial charge in [-0.25, -0.2) is 8.42 Å². The third-order valence-electron chi connectivity index (χ3n) is 3.45. The zero-order valence-corrected chi connectivity index (χ0v) is 14.5. The highest BCUT2D eigenvalue weighted by Gasteiger charge is 2.28. The Hall–Kier alpha value is -1.94. The molecule has 1 saturated heterocycles. The Bertz CT molecular complexity index is 700. The summed E-state index contributed by atoms with van der Waals surface area (Å²) in [6.07, 6.45) is 0.999. The zero-order valence-electron chi connectivity index (χ0n) is 12.9. The van der Waals surface area contributed by atoms with Gasteiger partial charge in [-0.1, -0.05) is 6.07 Å². The number of carbonyl (C=O) groups excluding carboxylic acids is 3. The van der Waals surface area contributed by atoms with Crippen LogP contribution in [0.15, 0.2) is 17.5 Å². The summed E-state index contributed by atoms with van der Waals surface area (Å²) in [5, 5.41) is 9.14. The molecule has 1 fully saturated rings. The first kappa shape index (κ1) is 18.4. The summed E-state index contributed by atoms with van der Waals surface area (Å²) in [6, 6.07) is 3.41. The van der Waals surface area contributed by atoms with Crippen LogP contribution in [0, 0.1) is 0 Å². The van der Waals surface area contributed by atoms with Crippen LogP contribution in [-0.2, 0) is 30.6 Å². The molecule has 1 aliphatic rings. The highest BCUT2D eigenvalue weighted by molar-refractivity contribution is 7.91. The fourth-order valence-electron chi connectivity index (χ4n) is 2.26. The lowest BCUT2D eigenvalue weighted by Gasteiger charge is -2.11. The minimum atomic E-state index is -3.08. The SMILES string of the molecule is O=C(CNC(=O)C(=O)NCCc1cccs1)N[C@@H]1CCS(=O)(=O)C1. The summed E-state index contributed by atoms with van der Waals surface area (Å²) < 4.78 is 22.6. The fourth-order valence-corrected chi connectivity index (χ4v) is 4.65. The van der Waals surface area contributed by atoms with Crippen LogP contribution >= 0.6 is 11.3 Å². The van der Waals surface area contributed by atoms with Gasteiger partial charge in [0.1, 0.15) is 0 Å². The Morgan fingerprint density at radius 3 is 2.58 bits per heavy atom. The van der Waals surface area contributed by atoms with Gasteiger partial charge in [0, 0.05) is 17.5 Å². The topological polar surface area (TPSA) is 121 Å². The molecule has 3 N–H and O–H groups in total. The van der Waals surface area contributed by atoms with E-state index >= 15 is 0 Å². The minimum absolute atomic E-state index is 0.0525. The van der Waals surface area contributed by atoms with E-state index in [2.05, 4.69) is 16.0 Å². The molecule has 0 saturated carbocycles. The molecule has 2 heterocycles. The van der Waals surface area contributed by atoms with Gasteiger partial charge in [0.05, 0.1) is 18.1 Å². The van der Waals surface area contributed by atoms with Crippen molar-refractivity contribution >= 4 is 38.9 Å². The second kappa shape index (κ2) is 8.25. The van der Waals surface area contributed by atoms with Gasteiger partial charge in [-0.3, -0.25) is 14.4 Å². The molecule has 0 aliphatic carbocycles. The lowest BCUT2D eigenvalue weighted by Crippen LogP contribution is -2.46. The van der Waals surface area contributed by atoms with E-state index in [1.165, 1.54) is 0 Å². The Morgan fingerprint density at radius 1 is 1.21 bits per heavy atom. The van der Waals surface area contributed by atoms with Crippen molar-refractivity contribution in [2.75, 3.05) is 24.6 Å². The third kappa shape index (κ3) is 5.93. The maximum atomic E-state index is 11.7. The van der Waals surface area contributed by atoms with Crippen LogP contribution in [0.1, 0.15) is 11.3 Å². The number of hydrogen-bond donors (Lipinski definition) is 3. The summed E-state index contributed by atoms with van der Waals surface area (Å²) in [5.74, 6) is -2.25. The second-order valence-corrected chi connectivity index (χ2v) is 8.70. The number of rotatable bonds is 6. The number of thiophene rings is 1. The lowest BCUT2D eigenvalue weighted by atomic mass is 10.2. The van der Waals surface area contributed by atoms with Crippen molar-refractivity contribution in [1.29, 1.82) is 0 Å². The van der Waals surface area contributed by atoms with Crippen molar-refractivity contribution in [3.8, 4) is 0 Å². The van der Waals surface area contributed by atoms with E-state index in [1.807, 2.05) is 17.5 Å². The van der Waals surface area contributed by atoms with Crippen molar-refractivity contribution in [2.45, 2.75) is 18.9 Å². The van der Waals surface area contributed by atoms with Crippen molar-refractivity contribution in [1.82, 2.24) is 16.0 Å². The average Bonchev–Trinajstić information content (AvgIpc) is 3.14.